The normalized spacial score (nSPS) is 17.1. The van der Waals surface area contributed by atoms with E-state index in [0.717, 1.165) is 31.8 Å². The van der Waals surface area contributed by atoms with E-state index < -0.39 is 5.82 Å². The molecule has 1 aromatic carbocycles. The second-order valence-corrected chi connectivity index (χ2v) is 5.40. The van der Waals surface area contributed by atoms with E-state index in [1.807, 2.05) is 0 Å². The minimum atomic E-state index is -0.483. The SMILES string of the molecule is CCC1CCN(CC(=O)c2ccc(OC)c(F)c2)CC1. The first-order valence-electron chi connectivity index (χ1n) is 7.23. The van der Waals surface area contributed by atoms with Crippen LogP contribution in [0.1, 0.15) is 36.5 Å². The number of likely N-dealkylation sites (tertiary alicyclic amines) is 1. The summed E-state index contributed by atoms with van der Waals surface area (Å²) < 4.78 is 18.5. The molecule has 0 radical (unpaired) electrons. The van der Waals surface area contributed by atoms with Gasteiger partial charge in [-0.15, -0.1) is 0 Å². The number of ketones is 1. The summed E-state index contributed by atoms with van der Waals surface area (Å²) in [6.45, 7) is 4.51. The zero-order valence-electron chi connectivity index (χ0n) is 12.2. The average molecular weight is 279 g/mol. The fraction of sp³-hybridized carbons (Fsp3) is 0.562. The van der Waals surface area contributed by atoms with E-state index in [-0.39, 0.29) is 11.5 Å². The third-order valence-corrected chi connectivity index (χ3v) is 4.13. The van der Waals surface area contributed by atoms with Crippen LogP contribution in [0.4, 0.5) is 4.39 Å². The minimum absolute atomic E-state index is 0.0264. The molecule has 0 aromatic heterocycles. The lowest BCUT2D eigenvalue weighted by Gasteiger charge is -2.30. The Morgan fingerprint density at radius 3 is 2.65 bits per heavy atom. The van der Waals surface area contributed by atoms with Crippen LogP contribution in [0.25, 0.3) is 0 Å². The van der Waals surface area contributed by atoms with Crippen LogP contribution < -0.4 is 4.74 Å². The highest BCUT2D eigenvalue weighted by molar-refractivity contribution is 5.97. The van der Waals surface area contributed by atoms with Gasteiger partial charge in [0.1, 0.15) is 0 Å². The van der Waals surface area contributed by atoms with Crippen molar-refractivity contribution < 1.29 is 13.9 Å². The van der Waals surface area contributed by atoms with E-state index in [0.29, 0.717) is 12.1 Å². The van der Waals surface area contributed by atoms with Gasteiger partial charge < -0.3 is 4.74 Å². The van der Waals surface area contributed by atoms with E-state index in [4.69, 9.17) is 4.74 Å². The van der Waals surface area contributed by atoms with Crippen molar-refractivity contribution in [2.75, 3.05) is 26.7 Å². The lowest BCUT2D eigenvalue weighted by molar-refractivity contribution is 0.0894. The number of Topliss-reactive ketones (excluding diaryl/α,β-unsaturated/α-hetero) is 1. The topological polar surface area (TPSA) is 29.5 Å². The highest BCUT2D eigenvalue weighted by Gasteiger charge is 2.20. The van der Waals surface area contributed by atoms with Gasteiger partial charge in [-0.1, -0.05) is 13.3 Å². The van der Waals surface area contributed by atoms with E-state index in [2.05, 4.69) is 11.8 Å². The van der Waals surface area contributed by atoms with Gasteiger partial charge in [-0.25, -0.2) is 4.39 Å². The van der Waals surface area contributed by atoms with Gasteiger partial charge in [0, 0.05) is 5.56 Å². The summed E-state index contributed by atoms with van der Waals surface area (Å²) in [5.41, 5.74) is 0.418. The van der Waals surface area contributed by atoms with E-state index in [1.165, 1.54) is 25.7 Å². The molecule has 4 heteroatoms. The molecular formula is C16H22FNO2. The molecule has 20 heavy (non-hydrogen) atoms. The number of benzene rings is 1. The quantitative estimate of drug-likeness (QED) is 0.776. The largest absolute Gasteiger partial charge is 0.494 e. The molecule has 0 atom stereocenters. The number of methoxy groups -OCH3 is 1. The van der Waals surface area contributed by atoms with Crippen molar-refractivity contribution in [3.05, 3.63) is 29.6 Å². The molecule has 0 unspecified atom stereocenters. The summed E-state index contributed by atoms with van der Waals surface area (Å²) in [6.07, 6.45) is 3.52. The molecule has 0 bridgehead atoms. The summed E-state index contributed by atoms with van der Waals surface area (Å²) in [6, 6.07) is 4.40. The van der Waals surface area contributed by atoms with Crippen molar-refractivity contribution >= 4 is 5.78 Å². The van der Waals surface area contributed by atoms with Gasteiger partial charge in [-0.3, -0.25) is 9.69 Å². The van der Waals surface area contributed by atoms with Crippen LogP contribution in [0.15, 0.2) is 18.2 Å². The molecule has 1 aliphatic heterocycles. The van der Waals surface area contributed by atoms with Gasteiger partial charge in [0.25, 0.3) is 0 Å². The van der Waals surface area contributed by atoms with E-state index in [9.17, 15) is 9.18 Å². The summed E-state index contributed by atoms with van der Waals surface area (Å²) in [5, 5.41) is 0. The number of nitrogens with zero attached hydrogens (tertiary/aromatic N) is 1. The third kappa shape index (κ3) is 3.57. The fourth-order valence-electron chi connectivity index (χ4n) is 2.69. The van der Waals surface area contributed by atoms with Crippen LogP contribution >= 0.6 is 0 Å². The maximum atomic E-state index is 13.6. The van der Waals surface area contributed by atoms with Crippen LogP contribution in [-0.2, 0) is 0 Å². The second kappa shape index (κ2) is 6.84. The predicted molar refractivity (Wildman–Crippen MR) is 76.7 cm³/mol. The highest BCUT2D eigenvalue weighted by atomic mass is 19.1. The number of hydrogen-bond acceptors (Lipinski definition) is 3. The second-order valence-electron chi connectivity index (χ2n) is 5.40. The van der Waals surface area contributed by atoms with Crippen LogP contribution in [0.2, 0.25) is 0 Å². The smallest absolute Gasteiger partial charge is 0.176 e. The summed E-state index contributed by atoms with van der Waals surface area (Å²) in [5.74, 6) is 0.453. The number of piperidine rings is 1. The van der Waals surface area contributed by atoms with Crippen LogP contribution in [0.3, 0.4) is 0 Å². The molecule has 0 amide bonds. The minimum Gasteiger partial charge on any atom is -0.494 e. The molecule has 1 aliphatic rings. The highest BCUT2D eigenvalue weighted by Crippen LogP contribution is 2.21. The average Bonchev–Trinajstić information content (AvgIpc) is 2.48. The van der Waals surface area contributed by atoms with E-state index in [1.54, 1.807) is 6.07 Å². The summed E-state index contributed by atoms with van der Waals surface area (Å²) >= 11 is 0. The van der Waals surface area contributed by atoms with Gasteiger partial charge in [-0.05, 0) is 50.0 Å². The first-order valence-corrected chi connectivity index (χ1v) is 7.23. The number of rotatable bonds is 5. The number of halogens is 1. The number of carbonyl (C=O) groups is 1. The van der Waals surface area contributed by atoms with Gasteiger partial charge >= 0.3 is 0 Å². The van der Waals surface area contributed by atoms with Crippen LogP contribution in [-0.4, -0.2) is 37.4 Å². The number of carbonyl (C=O) groups excluding carboxylic acids is 1. The Hall–Kier alpha value is -1.42. The summed E-state index contributed by atoms with van der Waals surface area (Å²) in [4.78, 5) is 14.3. The van der Waals surface area contributed by atoms with Crippen molar-refractivity contribution in [1.29, 1.82) is 0 Å². The van der Waals surface area contributed by atoms with Gasteiger partial charge in [0.15, 0.2) is 17.3 Å². The third-order valence-electron chi connectivity index (χ3n) is 4.13. The molecule has 0 saturated carbocycles. The molecule has 1 fully saturated rings. The van der Waals surface area contributed by atoms with Gasteiger partial charge in [0.2, 0.25) is 0 Å². The van der Waals surface area contributed by atoms with Gasteiger partial charge in [-0.2, -0.15) is 0 Å². The van der Waals surface area contributed by atoms with Crippen molar-refractivity contribution in [1.82, 2.24) is 4.90 Å². The Morgan fingerprint density at radius 2 is 2.10 bits per heavy atom. The van der Waals surface area contributed by atoms with Crippen LogP contribution in [0.5, 0.6) is 5.75 Å². The Kier molecular flexibility index (Phi) is 5.12. The lowest BCUT2D eigenvalue weighted by atomic mass is 9.94. The molecule has 2 rings (SSSR count). The monoisotopic (exact) mass is 279 g/mol. The van der Waals surface area contributed by atoms with Crippen molar-refractivity contribution in [2.24, 2.45) is 5.92 Å². The first-order chi connectivity index (χ1) is 9.63. The Labute approximate surface area is 119 Å². The fourth-order valence-corrected chi connectivity index (χ4v) is 2.69. The molecule has 110 valence electrons. The standard InChI is InChI=1S/C16H22FNO2/c1-3-12-6-8-18(9-7-12)11-15(19)13-4-5-16(20-2)14(17)10-13/h4-5,10,12H,3,6-9,11H2,1-2H3. The zero-order valence-corrected chi connectivity index (χ0v) is 12.2. The van der Waals surface area contributed by atoms with E-state index >= 15 is 0 Å². The molecule has 0 aliphatic carbocycles. The Morgan fingerprint density at radius 1 is 1.40 bits per heavy atom. The molecule has 0 spiro atoms. The molecule has 3 nitrogen and oxygen atoms in total. The predicted octanol–water partition coefficient (Wildman–Crippen LogP) is 3.14. The molecule has 1 aromatic rings. The molecular weight excluding hydrogens is 257 g/mol. The number of hydrogen-bond donors (Lipinski definition) is 0. The molecule has 1 heterocycles. The van der Waals surface area contributed by atoms with Crippen LogP contribution in [0, 0.1) is 11.7 Å². The maximum absolute atomic E-state index is 13.6. The number of ether oxygens (including phenoxy) is 1. The molecule has 1 saturated heterocycles. The Bertz CT molecular complexity index is 468. The first kappa shape index (κ1) is 15.0. The van der Waals surface area contributed by atoms with Crippen molar-refractivity contribution in [3.8, 4) is 5.75 Å². The van der Waals surface area contributed by atoms with Gasteiger partial charge in [0.05, 0.1) is 13.7 Å². The molecule has 0 N–H and O–H groups in total. The lowest BCUT2D eigenvalue weighted by Crippen LogP contribution is -2.37. The Balaban J connectivity index is 1.93. The van der Waals surface area contributed by atoms with Crippen molar-refractivity contribution in [3.63, 3.8) is 0 Å². The van der Waals surface area contributed by atoms with Crippen molar-refractivity contribution in [2.45, 2.75) is 26.2 Å². The maximum Gasteiger partial charge on any atom is 0.176 e. The zero-order chi connectivity index (χ0) is 14.5. The summed E-state index contributed by atoms with van der Waals surface area (Å²) in [7, 11) is 1.41.